The standard InChI is InChI=1S/C16H23N3O2S/c20-14(8-13-11-22-15-17-6-7-19(13)15)18-12-9-16(21-10-12)4-2-1-3-5-16/h11-12H,1-10H2,(H,18,20). The number of carbonyl (C=O) groups is 1. The number of rotatable bonds is 3. The van der Waals surface area contributed by atoms with Crippen molar-refractivity contribution in [3.8, 4) is 0 Å². The third-order valence-electron chi connectivity index (χ3n) is 5.13. The lowest BCUT2D eigenvalue weighted by Crippen LogP contribution is -2.38. The van der Waals surface area contributed by atoms with Gasteiger partial charge in [0.2, 0.25) is 5.91 Å². The molecule has 3 aliphatic heterocycles. The van der Waals surface area contributed by atoms with Crippen LogP contribution in [0.15, 0.2) is 16.1 Å². The number of aliphatic imine (C=N–C) groups is 1. The lowest BCUT2D eigenvalue weighted by Gasteiger charge is -2.32. The first-order chi connectivity index (χ1) is 10.7. The first-order valence-electron chi connectivity index (χ1n) is 8.35. The minimum absolute atomic E-state index is 0.0630. The van der Waals surface area contributed by atoms with Gasteiger partial charge in [-0.15, -0.1) is 0 Å². The Balaban J connectivity index is 1.29. The number of hydrogen-bond acceptors (Lipinski definition) is 5. The van der Waals surface area contributed by atoms with Crippen LogP contribution in [0.1, 0.15) is 44.9 Å². The number of carbonyl (C=O) groups excluding carboxylic acids is 1. The Bertz CT molecular complexity index is 525. The molecule has 1 spiro atoms. The SMILES string of the molecule is O=C(CC1=CSC2=NCCN12)NC1COC2(CCCCC2)C1. The summed E-state index contributed by atoms with van der Waals surface area (Å²) in [5.41, 5.74) is 1.15. The molecule has 1 unspecified atom stereocenters. The Hall–Kier alpha value is -1.01. The lowest BCUT2D eigenvalue weighted by atomic mass is 9.82. The van der Waals surface area contributed by atoms with Gasteiger partial charge in [0, 0.05) is 12.2 Å². The van der Waals surface area contributed by atoms with Gasteiger partial charge in [0.05, 0.1) is 31.2 Å². The van der Waals surface area contributed by atoms with Crippen molar-refractivity contribution in [1.29, 1.82) is 0 Å². The van der Waals surface area contributed by atoms with E-state index in [1.54, 1.807) is 11.8 Å². The molecule has 6 heteroatoms. The van der Waals surface area contributed by atoms with Crippen molar-refractivity contribution in [2.75, 3.05) is 19.7 Å². The highest BCUT2D eigenvalue weighted by Gasteiger charge is 2.41. The maximum Gasteiger partial charge on any atom is 0.226 e. The van der Waals surface area contributed by atoms with Crippen molar-refractivity contribution in [1.82, 2.24) is 10.2 Å². The number of ether oxygens (including phenoxy) is 1. The zero-order valence-corrected chi connectivity index (χ0v) is 13.7. The minimum atomic E-state index is 0.0630. The van der Waals surface area contributed by atoms with Gasteiger partial charge in [0.15, 0.2) is 5.17 Å². The number of nitrogens with one attached hydrogen (secondary N) is 1. The third-order valence-corrected chi connectivity index (χ3v) is 6.08. The van der Waals surface area contributed by atoms with Gasteiger partial charge >= 0.3 is 0 Å². The van der Waals surface area contributed by atoms with E-state index in [0.717, 1.165) is 43.2 Å². The summed E-state index contributed by atoms with van der Waals surface area (Å²) in [7, 11) is 0. The summed E-state index contributed by atoms with van der Waals surface area (Å²) in [4.78, 5) is 18.9. The number of nitrogens with zero attached hydrogens (tertiary/aromatic N) is 2. The van der Waals surface area contributed by atoms with Crippen LogP contribution in [0.5, 0.6) is 0 Å². The fourth-order valence-electron chi connectivity index (χ4n) is 4.04. The van der Waals surface area contributed by atoms with Crippen LogP contribution in [0.2, 0.25) is 0 Å². The summed E-state index contributed by atoms with van der Waals surface area (Å²) in [5.74, 6) is 0.112. The van der Waals surface area contributed by atoms with E-state index in [1.807, 2.05) is 0 Å². The summed E-state index contributed by atoms with van der Waals surface area (Å²) < 4.78 is 6.07. The average Bonchev–Trinajstić information content (AvgIpc) is 3.19. The molecule has 0 aromatic rings. The van der Waals surface area contributed by atoms with Crippen molar-refractivity contribution in [2.24, 2.45) is 4.99 Å². The second-order valence-electron chi connectivity index (χ2n) is 6.74. The lowest BCUT2D eigenvalue weighted by molar-refractivity contribution is -0.121. The molecule has 1 atom stereocenters. The number of amidine groups is 1. The molecule has 4 aliphatic rings. The molecule has 4 rings (SSSR count). The molecule has 5 nitrogen and oxygen atoms in total. The van der Waals surface area contributed by atoms with Gasteiger partial charge in [-0.1, -0.05) is 31.0 Å². The summed E-state index contributed by atoms with van der Waals surface area (Å²) in [6, 6.07) is 0.187. The molecule has 120 valence electrons. The van der Waals surface area contributed by atoms with Crippen LogP contribution in [-0.4, -0.2) is 47.3 Å². The molecular weight excluding hydrogens is 298 g/mol. The minimum Gasteiger partial charge on any atom is -0.373 e. The number of thioether (sulfide) groups is 1. The van der Waals surface area contributed by atoms with Gasteiger partial charge in [-0.3, -0.25) is 9.79 Å². The second-order valence-corrected chi connectivity index (χ2v) is 7.58. The molecule has 3 heterocycles. The molecule has 1 amide bonds. The van der Waals surface area contributed by atoms with Gasteiger partial charge in [-0.05, 0) is 24.7 Å². The van der Waals surface area contributed by atoms with E-state index < -0.39 is 0 Å². The van der Waals surface area contributed by atoms with E-state index in [4.69, 9.17) is 4.74 Å². The first-order valence-corrected chi connectivity index (χ1v) is 9.23. The Kier molecular flexibility index (Phi) is 3.90. The van der Waals surface area contributed by atoms with Gasteiger partial charge in [-0.25, -0.2) is 0 Å². The molecule has 0 aromatic carbocycles. The third kappa shape index (κ3) is 2.78. The van der Waals surface area contributed by atoms with Crippen LogP contribution < -0.4 is 5.32 Å². The Morgan fingerprint density at radius 3 is 3.18 bits per heavy atom. The highest BCUT2D eigenvalue weighted by atomic mass is 32.2. The van der Waals surface area contributed by atoms with E-state index in [9.17, 15) is 4.79 Å². The van der Waals surface area contributed by atoms with Gasteiger partial charge in [0.25, 0.3) is 0 Å². The van der Waals surface area contributed by atoms with Crippen LogP contribution in [-0.2, 0) is 9.53 Å². The largest absolute Gasteiger partial charge is 0.373 e. The first kappa shape index (κ1) is 14.6. The predicted octanol–water partition coefficient (Wildman–Crippen LogP) is 2.24. The van der Waals surface area contributed by atoms with E-state index in [0.29, 0.717) is 13.0 Å². The molecule has 1 aliphatic carbocycles. The monoisotopic (exact) mass is 321 g/mol. The maximum atomic E-state index is 12.3. The highest BCUT2D eigenvalue weighted by molar-refractivity contribution is 8.16. The maximum absolute atomic E-state index is 12.3. The van der Waals surface area contributed by atoms with Crippen molar-refractivity contribution in [2.45, 2.75) is 56.6 Å². The molecule has 0 aromatic heterocycles. The van der Waals surface area contributed by atoms with Crippen LogP contribution in [0.25, 0.3) is 0 Å². The van der Waals surface area contributed by atoms with Gasteiger partial charge in [-0.2, -0.15) is 0 Å². The zero-order valence-electron chi connectivity index (χ0n) is 12.8. The van der Waals surface area contributed by atoms with Crippen molar-refractivity contribution in [3.05, 3.63) is 11.1 Å². The van der Waals surface area contributed by atoms with Gasteiger partial charge < -0.3 is 15.0 Å². The number of hydrogen-bond donors (Lipinski definition) is 1. The Labute approximate surface area is 135 Å². The Morgan fingerprint density at radius 2 is 2.32 bits per heavy atom. The number of fused-ring (bicyclic) bond motifs is 1. The second kappa shape index (κ2) is 5.89. The van der Waals surface area contributed by atoms with Crippen molar-refractivity contribution >= 4 is 22.8 Å². The van der Waals surface area contributed by atoms with E-state index in [1.165, 1.54) is 19.3 Å². The smallest absolute Gasteiger partial charge is 0.226 e. The molecule has 0 bridgehead atoms. The summed E-state index contributed by atoms with van der Waals surface area (Å²) in [6.07, 6.45) is 7.62. The van der Waals surface area contributed by atoms with E-state index in [2.05, 4.69) is 20.6 Å². The van der Waals surface area contributed by atoms with Crippen LogP contribution in [0.4, 0.5) is 0 Å². The molecule has 0 radical (unpaired) electrons. The molecule has 22 heavy (non-hydrogen) atoms. The summed E-state index contributed by atoms with van der Waals surface area (Å²) in [5, 5.41) is 6.29. The predicted molar refractivity (Wildman–Crippen MR) is 87.6 cm³/mol. The normalized spacial score (nSPS) is 29.5. The van der Waals surface area contributed by atoms with Crippen molar-refractivity contribution < 1.29 is 9.53 Å². The molecule has 2 fully saturated rings. The molecule has 1 N–H and O–H groups in total. The van der Waals surface area contributed by atoms with Gasteiger partial charge in [0.1, 0.15) is 0 Å². The fourth-order valence-corrected chi connectivity index (χ4v) is 4.99. The van der Waals surface area contributed by atoms with Crippen LogP contribution in [0.3, 0.4) is 0 Å². The molecule has 1 saturated carbocycles. The number of amides is 1. The van der Waals surface area contributed by atoms with Crippen molar-refractivity contribution in [3.63, 3.8) is 0 Å². The summed E-state index contributed by atoms with van der Waals surface area (Å²) in [6.45, 7) is 2.44. The summed E-state index contributed by atoms with van der Waals surface area (Å²) >= 11 is 1.63. The zero-order chi connectivity index (χ0) is 15.0. The highest BCUT2D eigenvalue weighted by Crippen LogP contribution is 2.39. The quantitative estimate of drug-likeness (QED) is 0.866. The van der Waals surface area contributed by atoms with Crippen LogP contribution >= 0.6 is 11.8 Å². The Morgan fingerprint density at radius 1 is 1.45 bits per heavy atom. The molecular formula is C16H23N3O2S. The topological polar surface area (TPSA) is 53.9 Å². The fraction of sp³-hybridized carbons (Fsp3) is 0.750. The van der Waals surface area contributed by atoms with E-state index in [-0.39, 0.29) is 17.6 Å². The molecule has 1 saturated heterocycles. The van der Waals surface area contributed by atoms with Crippen LogP contribution in [0, 0.1) is 0 Å². The van der Waals surface area contributed by atoms with E-state index >= 15 is 0 Å². The average molecular weight is 321 g/mol.